The number of rotatable bonds is 10. The van der Waals surface area contributed by atoms with E-state index in [1.54, 1.807) is 32.3 Å². The number of allylic oxidation sites excluding steroid dienone is 1. The van der Waals surface area contributed by atoms with Crippen LogP contribution in [0.15, 0.2) is 60.7 Å². The molecule has 0 spiro atoms. The minimum absolute atomic E-state index is 0.203. The van der Waals surface area contributed by atoms with E-state index >= 15 is 0 Å². The average Bonchev–Trinajstić information content (AvgIpc) is 2.79. The quantitative estimate of drug-likeness (QED) is 0.356. The van der Waals surface area contributed by atoms with Crippen molar-refractivity contribution in [2.24, 2.45) is 0 Å². The number of ether oxygens (including phenoxy) is 2. The Kier molecular flexibility index (Phi) is 9.29. The fraction of sp³-hybridized carbons (Fsp3) is 0.292. The van der Waals surface area contributed by atoms with Gasteiger partial charge in [-0.2, -0.15) is 0 Å². The molecule has 2 aromatic rings. The Morgan fingerprint density at radius 3 is 2.42 bits per heavy atom. The van der Waals surface area contributed by atoms with E-state index in [2.05, 4.69) is 5.32 Å². The third-order valence-electron chi connectivity index (χ3n) is 4.36. The lowest BCUT2D eigenvalue weighted by molar-refractivity contribution is -0.139. The molecule has 2 aromatic carbocycles. The summed E-state index contributed by atoms with van der Waals surface area (Å²) in [6.07, 6.45) is 4.62. The third kappa shape index (κ3) is 7.97. The molecule has 0 heterocycles. The van der Waals surface area contributed by atoms with Crippen molar-refractivity contribution in [1.29, 1.82) is 0 Å². The first-order valence-electron chi connectivity index (χ1n) is 9.97. The van der Waals surface area contributed by atoms with Crippen molar-refractivity contribution in [2.45, 2.75) is 19.4 Å². The molecule has 2 rings (SSSR count). The summed E-state index contributed by atoms with van der Waals surface area (Å²) < 4.78 is 9.95. The van der Waals surface area contributed by atoms with E-state index < -0.39 is 5.97 Å². The van der Waals surface area contributed by atoms with Crippen LogP contribution < -0.4 is 5.32 Å². The number of amides is 1. The van der Waals surface area contributed by atoms with E-state index in [4.69, 9.17) is 9.47 Å². The Balaban J connectivity index is 1.82. The third-order valence-corrected chi connectivity index (χ3v) is 4.36. The van der Waals surface area contributed by atoms with Crippen LogP contribution in [0.2, 0.25) is 0 Å². The fourth-order valence-electron chi connectivity index (χ4n) is 2.76. The number of unbranched alkanes of at least 4 members (excludes halogenated alkanes) is 1. The highest BCUT2D eigenvalue weighted by Crippen LogP contribution is 2.17. The molecule has 0 aliphatic rings. The van der Waals surface area contributed by atoms with E-state index in [0.717, 1.165) is 12.0 Å². The summed E-state index contributed by atoms with van der Waals surface area (Å²) in [6.45, 7) is 0.847. The minimum Gasteiger partial charge on any atom is -0.465 e. The van der Waals surface area contributed by atoms with Gasteiger partial charge >= 0.3 is 11.9 Å². The second kappa shape index (κ2) is 12.2. The van der Waals surface area contributed by atoms with Crippen LogP contribution in [-0.2, 0) is 20.9 Å². The minimum atomic E-state index is -0.506. The topological polar surface area (TPSA) is 84.9 Å². The number of benzene rings is 2. The van der Waals surface area contributed by atoms with Crippen molar-refractivity contribution >= 4 is 23.5 Å². The van der Waals surface area contributed by atoms with Crippen LogP contribution in [-0.4, -0.2) is 50.5 Å². The zero-order chi connectivity index (χ0) is 22.6. The number of nitrogens with one attached hydrogen (secondary N) is 1. The number of anilines is 1. The Morgan fingerprint density at radius 2 is 1.74 bits per heavy atom. The maximum atomic E-state index is 12.3. The lowest BCUT2D eigenvalue weighted by Gasteiger charge is -2.14. The van der Waals surface area contributed by atoms with E-state index in [1.807, 2.05) is 30.3 Å². The molecular formula is C24H28N2O5. The van der Waals surface area contributed by atoms with Gasteiger partial charge in [0, 0.05) is 38.0 Å². The molecule has 0 saturated heterocycles. The Bertz CT molecular complexity index is 923. The normalized spacial score (nSPS) is 10.5. The van der Waals surface area contributed by atoms with Crippen molar-refractivity contribution in [2.75, 3.05) is 33.1 Å². The molecule has 0 unspecified atom stereocenters. The number of esters is 2. The molecule has 1 amide bonds. The van der Waals surface area contributed by atoms with Gasteiger partial charge < -0.3 is 19.7 Å². The largest absolute Gasteiger partial charge is 0.465 e. The van der Waals surface area contributed by atoms with Crippen molar-refractivity contribution < 1.29 is 23.9 Å². The maximum absolute atomic E-state index is 12.3. The lowest BCUT2D eigenvalue weighted by atomic mass is 10.1. The molecule has 164 valence electrons. The van der Waals surface area contributed by atoms with Gasteiger partial charge in [0.2, 0.25) is 0 Å². The van der Waals surface area contributed by atoms with Crippen LogP contribution in [0.3, 0.4) is 0 Å². The predicted molar refractivity (Wildman–Crippen MR) is 119 cm³/mol. The molecule has 7 heteroatoms. The zero-order valence-corrected chi connectivity index (χ0v) is 18.1. The predicted octanol–water partition coefficient (Wildman–Crippen LogP) is 3.67. The van der Waals surface area contributed by atoms with Crippen LogP contribution in [0, 0.1) is 0 Å². The molecule has 0 aliphatic heterocycles. The van der Waals surface area contributed by atoms with Crippen LogP contribution in [0.4, 0.5) is 5.69 Å². The smallest absolute Gasteiger partial charge is 0.337 e. The summed E-state index contributed by atoms with van der Waals surface area (Å²) in [5.41, 5.74) is 2.30. The van der Waals surface area contributed by atoms with Crippen molar-refractivity contribution in [3.8, 4) is 0 Å². The van der Waals surface area contributed by atoms with Crippen LogP contribution >= 0.6 is 0 Å². The maximum Gasteiger partial charge on any atom is 0.337 e. The molecule has 0 bridgehead atoms. The summed E-state index contributed by atoms with van der Waals surface area (Å²) >= 11 is 0. The first kappa shape index (κ1) is 23.7. The van der Waals surface area contributed by atoms with Gasteiger partial charge in [-0.05, 0) is 36.6 Å². The van der Waals surface area contributed by atoms with Crippen molar-refractivity contribution in [1.82, 2.24) is 4.90 Å². The molecule has 0 radical (unpaired) electrons. The highest BCUT2D eigenvalue weighted by Gasteiger charge is 2.14. The molecule has 0 fully saturated rings. The van der Waals surface area contributed by atoms with Gasteiger partial charge in [-0.15, -0.1) is 0 Å². The van der Waals surface area contributed by atoms with E-state index in [-0.39, 0.29) is 18.5 Å². The number of carbonyl (C=O) groups excluding carboxylic acids is 3. The van der Waals surface area contributed by atoms with E-state index in [9.17, 15) is 14.4 Å². The standard InChI is InChI=1S/C24H28N2O5/c1-26(2)23(28)19-14-20(24(29)30-3)16-21(15-19)25-13-9-5-8-12-22(27)31-17-18-10-6-4-7-11-18/h4,6-8,10-12,14-16,25H,5,9,13,17H2,1-3H3. The van der Waals surface area contributed by atoms with E-state index in [1.165, 1.54) is 24.2 Å². The summed E-state index contributed by atoms with van der Waals surface area (Å²) in [5, 5.41) is 3.20. The average molecular weight is 424 g/mol. The number of methoxy groups -OCH3 is 1. The first-order chi connectivity index (χ1) is 14.9. The molecule has 31 heavy (non-hydrogen) atoms. The number of hydrogen-bond acceptors (Lipinski definition) is 6. The summed E-state index contributed by atoms with van der Waals surface area (Å²) in [5.74, 6) is -1.09. The Labute approximate surface area is 182 Å². The summed E-state index contributed by atoms with van der Waals surface area (Å²) in [7, 11) is 4.60. The Hall–Kier alpha value is -3.61. The monoisotopic (exact) mass is 424 g/mol. The SMILES string of the molecule is COC(=O)c1cc(NCCCC=CC(=O)OCc2ccccc2)cc(C(=O)N(C)C)c1. The number of nitrogens with zero attached hydrogens (tertiary/aromatic N) is 1. The second-order valence-corrected chi connectivity index (χ2v) is 7.05. The molecule has 1 N–H and O–H groups in total. The highest BCUT2D eigenvalue weighted by molar-refractivity contribution is 5.99. The molecular weight excluding hydrogens is 396 g/mol. The van der Waals surface area contributed by atoms with Gasteiger partial charge in [-0.3, -0.25) is 4.79 Å². The van der Waals surface area contributed by atoms with Crippen LogP contribution in [0.25, 0.3) is 0 Å². The first-order valence-corrected chi connectivity index (χ1v) is 9.97. The Morgan fingerprint density at radius 1 is 1.03 bits per heavy atom. The molecule has 0 aliphatic carbocycles. The second-order valence-electron chi connectivity index (χ2n) is 7.05. The zero-order valence-electron chi connectivity index (χ0n) is 18.1. The van der Waals surface area contributed by atoms with Crippen molar-refractivity contribution in [3.63, 3.8) is 0 Å². The van der Waals surface area contributed by atoms with Gasteiger partial charge in [0.1, 0.15) is 6.61 Å². The van der Waals surface area contributed by atoms with E-state index in [0.29, 0.717) is 29.8 Å². The molecule has 0 aromatic heterocycles. The van der Waals surface area contributed by atoms with Gasteiger partial charge in [0.15, 0.2) is 0 Å². The highest BCUT2D eigenvalue weighted by atomic mass is 16.5. The van der Waals surface area contributed by atoms with Gasteiger partial charge in [0.25, 0.3) is 5.91 Å². The molecule has 0 saturated carbocycles. The molecule has 7 nitrogen and oxygen atoms in total. The fourth-order valence-corrected chi connectivity index (χ4v) is 2.76. The van der Waals surface area contributed by atoms with Gasteiger partial charge in [-0.25, -0.2) is 9.59 Å². The lowest BCUT2D eigenvalue weighted by Crippen LogP contribution is -2.22. The number of hydrogen-bond donors (Lipinski definition) is 1. The summed E-state index contributed by atoms with van der Waals surface area (Å²) in [6, 6.07) is 14.4. The molecule has 0 atom stereocenters. The van der Waals surface area contributed by atoms with Gasteiger partial charge in [-0.1, -0.05) is 36.4 Å². The summed E-state index contributed by atoms with van der Waals surface area (Å²) in [4.78, 5) is 37.4. The number of carbonyl (C=O) groups is 3. The van der Waals surface area contributed by atoms with Crippen LogP contribution in [0.5, 0.6) is 0 Å². The van der Waals surface area contributed by atoms with Gasteiger partial charge in [0.05, 0.1) is 12.7 Å². The van der Waals surface area contributed by atoms with Crippen LogP contribution in [0.1, 0.15) is 39.1 Å². The van der Waals surface area contributed by atoms with Crippen molar-refractivity contribution in [3.05, 3.63) is 77.4 Å².